The van der Waals surface area contributed by atoms with Crippen LogP contribution in [0.1, 0.15) is 17.8 Å². The molecule has 0 saturated carbocycles. The first-order valence-corrected chi connectivity index (χ1v) is 9.25. The standard InChI is InChI=1S/C19H24N6O3/c26-17(20-9-8-16-22-19(28)24-23-16)13-15-18(27)21-10-12-25(15)11-4-7-14-5-2-1-3-6-14/h1-7,15H,8-13H2,(H,20,26)(H,21,27)(H2,22,23,24,28). The predicted molar refractivity (Wildman–Crippen MR) is 104 cm³/mol. The number of amides is 2. The Labute approximate surface area is 162 Å². The summed E-state index contributed by atoms with van der Waals surface area (Å²) < 4.78 is 0. The average molecular weight is 384 g/mol. The number of carbonyl (C=O) groups is 2. The maximum Gasteiger partial charge on any atom is 0.340 e. The highest BCUT2D eigenvalue weighted by molar-refractivity contribution is 5.88. The van der Waals surface area contributed by atoms with Crippen molar-refractivity contribution in [1.29, 1.82) is 0 Å². The largest absolute Gasteiger partial charge is 0.356 e. The molecule has 1 fully saturated rings. The average Bonchev–Trinajstić information content (AvgIpc) is 3.10. The van der Waals surface area contributed by atoms with Crippen LogP contribution in [-0.4, -0.2) is 64.1 Å². The molecular formula is C19H24N6O3. The number of H-pyrrole nitrogens is 2. The van der Waals surface area contributed by atoms with Crippen LogP contribution in [0.15, 0.2) is 41.2 Å². The van der Waals surface area contributed by atoms with Gasteiger partial charge in [0.25, 0.3) is 0 Å². The first kappa shape index (κ1) is 19.6. The number of hydrogen-bond donors (Lipinski definition) is 4. The molecule has 9 heteroatoms. The third-order valence-corrected chi connectivity index (χ3v) is 4.50. The van der Waals surface area contributed by atoms with Gasteiger partial charge in [0.1, 0.15) is 5.82 Å². The van der Waals surface area contributed by atoms with E-state index in [9.17, 15) is 14.4 Å². The van der Waals surface area contributed by atoms with Gasteiger partial charge < -0.3 is 10.6 Å². The molecule has 0 aliphatic carbocycles. The lowest BCUT2D eigenvalue weighted by Gasteiger charge is -2.33. The molecule has 1 aromatic carbocycles. The van der Waals surface area contributed by atoms with E-state index in [-0.39, 0.29) is 23.9 Å². The maximum absolute atomic E-state index is 12.3. The molecule has 0 bridgehead atoms. The van der Waals surface area contributed by atoms with Gasteiger partial charge >= 0.3 is 5.69 Å². The lowest BCUT2D eigenvalue weighted by molar-refractivity contribution is -0.133. The van der Waals surface area contributed by atoms with Crippen molar-refractivity contribution in [3.63, 3.8) is 0 Å². The van der Waals surface area contributed by atoms with Crippen LogP contribution >= 0.6 is 0 Å². The summed E-state index contributed by atoms with van der Waals surface area (Å²) in [6.45, 7) is 2.19. The summed E-state index contributed by atoms with van der Waals surface area (Å²) in [6.07, 6.45) is 4.51. The summed E-state index contributed by atoms with van der Waals surface area (Å²) in [5.41, 5.74) is 0.717. The quantitative estimate of drug-likeness (QED) is 0.496. The predicted octanol–water partition coefficient (Wildman–Crippen LogP) is -0.339. The Kier molecular flexibility index (Phi) is 6.74. The molecule has 148 valence electrons. The van der Waals surface area contributed by atoms with Gasteiger partial charge in [0.2, 0.25) is 11.8 Å². The van der Waals surface area contributed by atoms with Crippen LogP contribution < -0.4 is 16.3 Å². The fraction of sp³-hybridized carbons (Fsp3) is 0.368. The third-order valence-electron chi connectivity index (χ3n) is 4.50. The molecule has 1 atom stereocenters. The van der Waals surface area contributed by atoms with E-state index in [1.54, 1.807) is 0 Å². The van der Waals surface area contributed by atoms with E-state index in [2.05, 4.69) is 25.8 Å². The molecule has 2 heterocycles. The highest BCUT2D eigenvalue weighted by Crippen LogP contribution is 2.10. The van der Waals surface area contributed by atoms with Crippen molar-refractivity contribution in [2.24, 2.45) is 0 Å². The normalized spacial score (nSPS) is 17.6. The van der Waals surface area contributed by atoms with Crippen LogP contribution in [0.3, 0.4) is 0 Å². The lowest BCUT2D eigenvalue weighted by atomic mass is 10.1. The van der Waals surface area contributed by atoms with Crippen LogP contribution in [0.2, 0.25) is 0 Å². The van der Waals surface area contributed by atoms with Crippen LogP contribution in [0.4, 0.5) is 0 Å². The molecule has 1 aliphatic rings. The fourth-order valence-electron chi connectivity index (χ4n) is 3.08. The van der Waals surface area contributed by atoms with Crippen molar-refractivity contribution < 1.29 is 9.59 Å². The molecule has 0 radical (unpaired) electrons. The summed E-state index contributed by atoms with van der Waals surface area (Å²) in [4.78, 5) is 40.0. The topological polar surface area (TPSA) is 123 Å². The Balaban J connectivity index is 1.50. The summed E-state index contributed by atoms with van der Waals surface area (Å²) in [5.74, 6) is 0.136. The molecule has 9 nitrogen and oxygen atoms in total. The van der Waals surface area contributed by atoms with Gasteiger partial charge in [-0.05, 0) is 5.56 Å². The number of nitrogens with zero attached hydrogens (tertiary/aromatic N) is 2. The van der Waals surface area contributed by atoms with Crippen molar-refractivity contribution in [1.82, 2.24) is 30.7 Å². The number of nitrogens with one attached hydrogen (secondary N) is 4. The zero-order valence-corrected chi connectivity index (χ0v) is 15.5. The lowest BCUT2D eigenvalue weighted by Crippen LogP contribution is -2.56. The first-order valence-electron chi connectivity index (χ1n) is 9.25. The number of benzene rings is 1. The van der Waals surface area contributed by atoms with Crippen molar-refractivity contribution in [2.75, 3.05) is 26.2 Å². The number of aromatic nitrogens is 3. The van der Waals surface area contributed by atoms with Gasteiger partial charge in [-0.3, -0.25) is 19.5 Å². The number of rotatable bonds is 8. The van der Waals surface area contributed by atoms with E-state index in [4.69, 9.17) is 0 Å². The second-order valence-corrected chi connectivity index (χ2v) is 6.54. The second-order valence-electron chi connectivity index (χ2n) is 6.54. The van der Waals surface area contributed by atoms with Gasteiger partial charge in [0.15, 0.2) is 0 Å². The van der Waals surface area contributed by atoms with Crippen molar-refractivity contribution in [2.45, 2.75) is 18.9 Å². The molecule has 1 unspecified atom stereocenters. The first-order chi connectivity index (χ1) is 13.6. The van der Waals surface area contributed by atoms with E-state index in [1.807, 2.05) is 47.4 Å². The van der Waals surface area contributed by atoms with E-state index in [1.165, 1.54) is 0 Å². The summed E-state index contributed by atoms with van der Waals surface area (Å²) in [6, 6.07) is 9.43. The van der Waals surface area contributed by atoms with E-state index < -0.39 is 6.04 Å². The molecule has 1 aliphatic heterocycles. The molecule has 4 N–H and O–H groups in total. The number of piperazine rings is 1. The third kappa shape index (κ3) is 5.65. The zero-order chi connectivity index (χ0) is 19.8. The van der Waals surface area contributed by atoms with Crippen LogP contribution in [0.25, 0.3) is 6.08 Å². The van der Waals surface area contributed by atoms with Gasteiger partial charge in [0.05, 0.1) is 12.5 Å². The molecule has 1 saturated heterocycles. The minimum Gasteiger partial charge on any atom is -0.356 e. The van der Waals surface area contributed by atoms with Gasteiger partial charge in [-0.15, -0.1) is 0 Å². The number of aromatic amines is 2. The van der Waals surface area contributed by atoms with Crippen molar-refractivity contribution in [3.8, 4) is 0 Å². The van der Waals surface area contributed by atoms with Gasteiger partial charge in [-0.1, -0.05) is 42.5 Å². The van der Waals surface area contributed by atoms with Crippen LogP contribution in [0.5, 0.6) is 0 Å². The summed E-state index contributed by atoms with van der Waals surface area (Å²) in [7, 11) is 0. The van der Waals surface area contributed by atoms with E-state index in [0.29, 0.717) is 38.4 Å². The number of hydrogen-bond acceptors (Lipinski definition) is 5. The zero-order valence-electron chi connectivity index (χ0n) is 15.5. The number of carbonyl (C=O) groups excluding carboxylic acids is 2. The Hall–Kier alpha value is -3.20. The highest BCUT2D eigenvalue weighted by Gasteiger charge is 2.30. The Morgan fingerprint density at radius 3 is 2.86 bits per heavy atom. The van der Waals surface area contributed by atoms with E-state index in [0.717, 1.165) is 5.56 Å². The Bertz CT molecular complexity index is 873. The molecule has 1 aromatic heterocycles. The molecule has 28 heavy (non-hydrogen) atoms. The fourth-order valence-corrected chi connectivity index (χ4v) is 3.08. The Morgan fingerprint density at radius 1 is 1.29 bits per heavy atom. The molecule has 2 aromatic rings. The molecule has 2 amide bonds. The minimum absolute atomic E-state index is 0.0854. The minimum atomic E-state index is -0.501. The van der Waals surface area contributed by atoms with Crippen molar-refractivity contribution in [3.05, 3.63) is 58.3 Å². The maximum atomic E-state index is 12.3. The van der Waals surface area contributed by atoms with E-state index >= 15 is 0 Å². The molecule has 0 spiro atoms. The van der Waals surface area contributed by atoms with Crippen LogP contribution in [-0.2, 0) is 16.0 Å². The van der Waals surface area contributed by atoms with Gasteiger partial charge in [-0.25, -0.2) is 9.89 Å². The van der Waals surface area contributed by atoms with Gasteiger partial charge in [-0.2, -0.15) is 5.10 Å². The summed E-state index contributed by atoms with van der Waals surface area (Å²) in [5, 5.41) is 11.7. The van der Waals surface area contributed by atoms with Gasteiger partial charge in [0, 0.05) is 32.6 Å². The molecule has 3 rings (SSSR count). The smallest absolute Gasteiger partial charge is 0.340 e. The summed E-state index contributed by atoms with van der Waals surface area (Å²) >= 11 is 0. The SMILES string of the molecule is O=C(CC1C(=O)NCCN1CC=Cc1ccccc1)NCCc1n[nH]c(=O)[nH]1. The molecular weight excluding hydrogens is 360 g/mol. The van der Waals surface area contributed by atoms with Crippen molar-refractivity contribution >= 4 is 17.9 Å². The Morgan fingerprint density at radius 2 is 2.11 bits per heavy atom. The van der Waals surface area contributed by atoms with Crippen LogP contribution in [0, 0.1) is 0 Å². The highest BCUT2D eigenvalue weighted by atomic mass is 16.2. The monoisotopic (exact) mass is 384 g/mol. The second kappa shape index (κ2) is 9.65.